The van der Waals surface area contributed by atoms with Gasteiger partial charge in [0.25, 0.3) is 0 Å². The van der Waals surface area contributed by atoms with E-state index in [1.54, 1.807) is 6.07 Å². The smallest absolute Gasteiger partial charge is 0.165 e. The standard InChI is InChI=1S/C13H16ClNO2/c14-11-4-2-1-3-9(11)7-12(16)13-6-5-10(8-15)17-13/h1-4,10,13H,5-8,15H2. The van der Waals surface area contributed by atoms with Crippen LogP contribution in [-0.2, 0) is 16.0 Å². The van der Waals surface area contributed by atoms with Crippen molar-refractivity contribution < 1.29 is 9.53 Å². The van der Waals surface area contributed by atoms with Crippen LogP contribution in [0.15, 0.2) is 24.3 Å². The van der Waals surface area contributed by atoms with Crippen LogP contribution in [0.4, 0.5) is 0 Å². The Kier molecular flexibility index (Phi) is 4.15. The van der Waals surface area contributed by atoms with Gasteiger partial charge in [-0.2, -0.15) is 0 Å². The average Bonchev–Trinajstić information content (AvgIpc) is 2.81. The molecule has 17 heavy (non-hydrogen) atoms. The van der Waals surface area contributed by atoms with Crippen molar-refractivity contribution in [2.75, 3.05) is 6.54 Å². The third-order valence-electron chi connectivity index (χ3n) is 3.05. The molecule has 92 valence electrons. The SMILES string of the molecule is NCC1CCC(C(=O)Cc2ccccc2Cl)O1. The van der Waals surface area contributed by atoms with E-state index in [2.05, 4.69) is 0 Å². The van der Waals surface area contributed by atoms with Crippen molar-refractivity contribution in [2.45, 2.75) is 31.5 Å². The molecule has 1 fully saturated rings. The summed E-state index contributed by atoms with van der Waals surface area (Å²) in [5.41, 5.74) is 6.38. The Labute approximate surface area is 106 Å². The van der Waals surface area contributed by atoms with Crippen molar-refractivity contribution in [3.05, 3.63) is 34.9 Å². The number of ether oxygens (including phenoxy) is 1. The van der Waals surface area contributed by atoms with Gasteiger partial charge >= 0.3 is 0 Å². The second kappa shape index (κ2) is 5.63. The number of benzene rings is 1. The molecule has 0 saturated carbocycles. The number of ketones is 1. The van der Waals surface area contributed by atoms with Crippen LogP contribution in [0.3, 0.4) is 0 Å². The quantitative estimate of drug-likeness (QED) is 0.893. The summed E-state index contributed by atoms with van der Waals surface area (Å²) >= 11 is 6.02. The first-order chi connectivity index (χ1) is 8.20. The highest BCUT2D eigenvalue weighted by molar-refractivity contribution is 6.31. The summed E-state index contributed by atoms with van der Waals surface area (Å²) in [5.74, 6) is 0.0917. The fourth-order valence-corrected chi connectivity index (χ4v) is 2.26. The van der Waals surface area contributed by atoms with Crippen molar-refractivity contribution >= 4 is 17.4 Å². The summed E-state index contributed by atoms with van der Waals surface area (Å²) in [6, 6.07) is 7.40. The molecular weight excluding hydrogens is 238 g/mol. The van der Waals surface area contributed by atoms with Gasteiger partial charge in [-0.05, 0) is 24.5 Å². The fraction of sp³-hybridized carbons (Fsp3) is 0.462. The molecule has 2 unspecified atom stereocenters. The van der Waals surface area contributed by atoms with E-state index in [1.807, 2.05) is 18.2 Å². The Bertz CT molecular complexity index is 408. The Morgan fingerprint density at radius 1 is 1.41 bits per heavy atom. The van der Waals surface area contributed by atoms with Gasteiger partial charge in [-0.1, -0.05) is 29.8 Å². The molecule has 0 spiro atoms. The van der Waals surface area contributed by atoms with Crippen LogP contribution in [0.5, 0.6) is 0 Å². The van der Waals surface area contributed by atoms with E-state index in [0.29, 0.717) is 18.0 Å². The summed E-state index contributed by atoms with van der Waals surface area (Å²) in [4.78, 5) is 12.0. The number of nitrogens with two attached hydrogens (primary N) is 1. The number of halogens is 1. The number of rotatable bonds is 4. The zero-order valence-corrected chi connectivity index (χ0v) is 10.3. The summed E-state index contributed by atoms with van der Waals surface area (Å²) < 4.78 is 5.57. The first-order valence-corrected chi connectivity index (χ1v) is 6.20. The molecule has 0 radical (unpaired) electrons. The van der Waals surface area contributed by atoms with E-state index in [0.717, 1.165) is 18.4 Å². The van der Waals surface area contributed by atoms with Crippen LogP contribution >= 0.6 is 11.6 Å². The molecule has 1 aromatic rings. The van der Waals surface area contributed by atoms with Crippen LogP contribution in [0, 0.1) is 0 Å². The van der Waals surface area contributed by atoms with Crippen molar-refractivity contribution in [3.8, 4) is 0 Å². The van der Waals surface area contributed by atoms with E-state index < -0.39 is 0 Å². The highest BCUT2D eigenvalue weighted by Crippen LogP contribution is 2.22. The normalized spacial score (nSPS) is 23.9. The van der Waals surface area contributed by atoms with Gasteiger partial charge in [0.1, 0.15) is 6.10 Å². The lowest BCUT2D eigenvalue weighted by Crippen LogP contribution is -2.26. The Morgan fingerprint density at radius 3 is 2.82 bits per heavy atom. The van der Waals surface area contributed by atoms with Crippen molar-refractivity contribution in [1.29, 1.82) is 0 Å². The number of hydrogen-bond donors (Lipinski definition) is 1. The van der Waals surface area contributed by atoms with Crippen molar-refractivity contribution in [2.24, 2.45) is 5.73 Å². The average molecular weight is 254 g/mol. The predicted molar refractivity (Wildman–Crippen MR) is 67.1 cm³/mol. The third kappa shape index (κ3) is 3.06. The van der Waals surface area contributed by atoms with Crippen LogP contribution in [0.2, 0.25) is 5.02 Å². The number of Topliss-reactive ketones (excluding diaryl/α,β-unsaturated/α-hetero) is 1. The topological polar surface area (TPSA) is 52.3 Å². The fourth-order valence-electron chi connectivity index (χ4n) is 2.06. The highest BCUT2D eigenvalue weighted by Gasteiger charge is 2.29. The maximum Gasteiger partial charge on any atom is 0.165 e. The summed E-state index contributed by atoms with van der Waals surface area (Å²) in [6.07, 6.45) is 1.71. The summed E-state index contributed by atoms with van der Waals surface area (Å²) in [5, 5.41) is 0.634. The van der Waals surface area contributed by atoms with Gasteiger partial charge < -0.3 is 10.5 Å². The molecule has 4 heteroatoms. The van der Waals surface area contributed by atoms with Crippen LogP contribution < -0.4 is 5.73 Å². The van der Waals surface area contributed by atoms with Crippen LogP contribution in [0.25, 0.3) is 0 Å². The molecule has 2 rings (SSSR count). The van der Waals surface area contributed by atoms with E-state index in [-0.39, 0.29) is 18.0 Å². The maximum atomic E-state index is 12.0. The molecular formula is C13H16ClNO2. The minimum atomic E-state index is -0.306. The molecule has 2 atom stereocenters. The monoisotopic (exact) mass is 253 g/mol. The predicted octanol–water partition coefficient (Wildman–Crippen LogP) is 1.96. The van der Waals surface area contributed by atoms with Gasteiger partial charge in [-0.15, -0.1) is 0 Å². The first kappa shape index (κ1) is 12.6. The van der Waals surface area contributed by atoms with Crippen LogP contribution in [-0.4, -0.2) is 24.5 Å². The second-order valence-corrected chi connectivity index (χ2v) is 4.70. The lowest BCUT2D eigenvalue weighted by Gasteiger charge is -2.11. The maximum absolute atomic E-state index is 12.0. The van der Waals surface area contributed by atoms with E-state index in [4.69, 9.17) is 22.1 Å². The number of hydrogen-bond acceptors (Lipinski definition) is 3. The molecule has 0 bridgehead atoms. The van der Waals surface area contributed by atoms with Gasteiger partial charge in [0, 0.05) is 18.0 Å². The molecule has 3 nitrogen and oxygen atoms in total. The third-order valence-corrected chi connectivity index (χ3v) is 3.42. The highest BCUT2D eigenvalue weighted by atomic mass is 35.5. The Hall–Kier alpha value is -0.900. The van der Waals surface area contributed by atoms with Crippen molar-refractivity contribution in [3.63, 3.8) is 0 Å². The summed E-state index contributed by atoms with van der Waals surface area (Å²) in [7, 11) is 0. The largest absolute Gasteiger partial charge is 0.366 e. The molecule has 1 heterocycles. The molecule has 2 N–H and O–H groups in total. The zero-order valence-electron chi connectivity index (χ0n) is 9.56. The number of carbonyl (C=O) groups excluding carboxylic acids is 1. The molecule has 1 aliphatic rings. The molecule has 0 amide bonds. The van der Waals surface area contributed by atoms with Gasteiger partial charge in [-0.25, -0.2) is 0 Å². The Morgan fingerprint density at radius 2 is 2.18 bits per heavy atom. The van der Waals surface area contributed by atoms with Crippen LogP contribution in [0.1, 0.15) is 18.4 Å². The molecule has 0 aliphatic carbocycles. The van der Waals surface area contributed by atoms with E-state index >= 15 is 0 Å². The molecule has 1 aliphatic heterocycles. The van der Waals surface area contributed by atoms with E-state index in [1.165, 1.54) is 0 Å². The summed E-state index contributed by atoms with van der Waals surface area (Å²) in [6.45, 7) is 0.482. The van der Waals surface area contributed by atoms with Crippen molar-refractivity contribution in [1.82, 2.24) is 0 Å². The molecule has 1 aromatic carbocycles. The zero-order chi connectivity index (χ0) is 12.3. The molecule has 0 aromatic heterocycles. The van der Waals surface area contributed by atoms with Gasteiger partial charge in [0.2, 0.25) is 0 Å². The number of carbonyl (C=O) groups is 1. The second-order valence-electron chi connectivity index (χ2n) is 4.29. The van der Waals surface area contributed by atoms with Gasteiger partial charge in [-0.3, -0.25) is 4.79 Å². The molecule has 1 saturated heterocycles. The minimum Gasteiger partial charge on any atom is -0.366 e. The van der Waals surface area contributed by atoms with Gasteiger partial charge in [0.05, 0.1) is 6.10 Å². The van der Waals surface area contributed by atoms with Gasteiger partial charge in [0.15, 0.2) is 5.78 Å². The first-order valence-electron chi connectivity index (χ1n) is 5.82. The van der Waals surface area contributed by atoms with E-state index in [9.17, 15) is 4.79 Å². The minimum absolute atomic E-state index is 0.0372. The Balaban J connectivity index is 1.96. The lowest BCUT2D eigenvalue weighted by molar-refractivity contribution is -0.128. The lowest BCUT2D eigenvalue weighted by atomic mass is 10.0.